The van der Waals surface area contributed by atoms with Gasteiger partial charge in [0.2, 0.25) is 0 Å². The summed E-state index contributed by atoms with van der Waals surface area (Å²) in [6.07, 6.45) is 0. The predicted octanol–water partition coefficient (Wildman–Crippen LogP) is 2.02. The van der Waals surface area contributed by atoms with E-state index < -0.39 is 5.91 Å². The number of likely N-dealkylation sites (N-methyl/N-ethyl adjacent to an activating group) is 1. The zero-order chi connectivity index (χ0) is 20.4. The lowest BCUT2D eigenvalue weighted by Crippen LogP contribution is -3.14. The fourth-order valence-corrected chi connectivity index (χ4v) is 3.97. The van der Waals surface area contributed by atoms with Crippen LogP contribution in [0.3, 0.4) is 0 Å². The van der Waals surface area contributed by atoms with Crippen LogP contribution in [0.25, 0.3) is 0 Å². The summed E-state index contributed by atoms with van der Waals surface area (Å²) in [5, 5.41) is -0.000407. The summed E-state index contributed by atoms with van der Waals surface area (Å²) in [6, 6.07) is 16.3. The third-order valence-electron chi connectivity index (χ3n) is 5.37. The number of carbonyl (C=O) groups is 2. The summed E-state index contributed by atoms with van der Waals surface area (Å²) in [4.78, 5) is 30.3. The van der Waals surface area contributed by atoms with Crippen molar-refractivity contribution < 1.29 is 19.2 Å². The van der Waals surface area contributed by atoms with Gasteiger partial charge in [-0.05, 0) is 43.3 Å². The van der Waals surface area contributed by atoms with Crippen LogP contribution in [0.1, 0.15) is 6.92 Å². The third kappa shape index (κ3) is 3.86. The number of piperazine rings is 1. The maximum Gasteiger partial charge on any atom is 0.283 e. The van der Waals surface area contributed by atoms with Crippen LogP contribution >= 0.6 is 11.6 Å². The van der Waals surface area contributed by atoms with E-state index in [1.165, 1.54) is 4.90 Å². The van der Waals surface area contributed by atoms with Gasteiger partial charge in [-0.1, -0.05) is 29.8 Å². The molecule has 2 heterocycles. The number of hydrogen-bond donors (Lipinski definition) is 1. The summed E-state index contributed by atoms with van der Waals surface area (Å²) in [6.45, 7) is 6.48. The molecule has 0 spiro atoms. The summed E-state index contributed by atoms with van der Waals surface area (Å²) < 4.78 is 5.77. The number of halogens is 1. The number of benzene rings is 2. The van der Waals surface area contributed by atoms with Gasteiger partial charge in [0.15, 0.2) is 0 Å². The van der Waals surface area contributed by atoms with Gasteiger partial charge in [-0.3, -0.25) is 9.59 Å². The number of quaternary nitrogens is 1. The Morgan fingerprint density at radius 1 is 0.931 bits per heavy atom. The molecular formula is C22H23ClN3O3+. The van der Waals surface area contributed by atoms with Crippen molar-refractivity contribution in [1.82, 2.24) is 4.90 Å². The molecule has 150 valence electrons. The summed E-state index contributed by atoms with van der Waals surface area (Å²) in [5.41, 5.74) is 0.794. The second-order valence-corrected chi connectivity index (χ2v) is 7.49. The largest absolute Gasteiger partial charge is 0.457 e. The number of nitrogens with one attached hydrogen (secondary N) is 1. The molecule has 2 aromatic carbocycles. The average molecular weight is 413 g/mol. The maximum absolute atomic E-state index is 13.0. The van der Waals surface area contributed by atoms with Crippen LogP contribution in [-0.2, 0) is 9.59 Å². The molecular weight excluding hydrogens is 390 g/mol. The molecule has 0 aliphatic carbocycles. The number of anilines is 1. The first-order valence-corrected chi connectivity index (χ1v) is 10.2. The van der Waals surface area contributed by atoms with Crippen LogP contribution < -0.4 is 14.5 Å². The highest BCUT2D eigenvalue weighted by Gasteiger charge is 2.42. The van der Waals surface area contributed by atoms with E-state index in [1.807, 2.05) is 35.2 Å². The topological polar surface area (TPSA) is 54.3 Å². The van der Waals surface area contributed by atoms with Gasteiger partial charge < -0.3 is 14.5 Å². The summed E-state index contributed by atoms with van der Waals surface area (Å²) in [7, 11) is 0. The quantitative estimate of drug-likeness (QED) is 0.763. The second kappa shape index (κ2) is 8.27. The molecule has 2 aromatic rings. The van der Waals surface area contributed by atoms with Gasteiger partial charge >= 0.3 is 0 Å². The fraction of sp³-hybridized carbons (Fsp3) is 0.273. The number of nitrogens with zero attached hydrogens (tertiary/aromatic N) is 2. The van der Waals surface area contributed by atoms with Crippen molar-refractivity contribution in [2.24, 2.45) is 0 Å². The van der Waals surface area contributed by atoms with Gasteiger partial charge in [-0.25, -0.2) is 4.90 Å². The van der Waals surface area contributed by atoms with Crippen LogP contribution in [0.4, 0.5) is 5.69 Å². The van der Waals surface area contributed by atoms with Crippen molar-refractivity contribution in [1.29, 1.82) is 0 Å². The highest BCUT2D eigenvalue weighted by molar-refractivity contribution is 6.52. The molecule has 7 heteroatoms. The highest BCUT2D eigenvalue weighted by Crippen LogP contribution is 2.32. The first kappa shape index (κ1) is 19.5. The van der Waals surface area contributed by atoms with E-state index in [2.05, 4.69) is 6.92 Å². The molecule has 4 rings (SSSR count). The van der Waals surface area contributed by atoms with Crippen molar-refractivity contribution >= 4 is 29.1 Å². The van der Waals surface area contributed by atoms with Gasteiger partial charge in [-0.2, -0.15) is 0 Å². The molecule has 0 bridgehead atoms. The van der Waals surface area contributed by atoms with Gasteiger partial charge in [-0.15, -0.1) is 0 Å². The third-order valence-corrected chi connectivity index (χ3v) is 5.71. The molecule has 0 atom stereocenters. The van der Waals surface area contributed by atoms with Gasteiger partial charge in [0, 0.05) is 0 Å². The SMILES string of the molecule is CC[NH+]1CCN(C2=C(Cl)C(=O)N(c3ccc(Oc4ccccc4)cc3)C2=O)CC1. The van der Waals surface area contributed by atoms with Crippen molar-refractivity contribution in [2.45, 2.75) is 6.92 Å². The Hall–Kier alpha value is -2.83. The molecule has 0 unspecified atom stereocenters. The number of para-hydroxylation sites is 1. The van der Waals surface area contributed by atoms with Crippen LogP contribution in [0.5, 0.6) is 11.5 Å². The predicted molar refractivity (Wildman–Crippen MR) is 111 cm³/mol. The molecule has 2 aliphatic heterocycles. The van der Waals surface area contributed by atoms with Gasteiger partial charge in [0.05, 0.1) is 38.4 Å². The molecule has 2 amide bonds. The molecule has 0 saturated carbocycles. The monoisotopic (exact) mass is 412 g/mol. The molecule has 0 radical (unpaired) electrons. The minimum atomic E-state index is -0.478. The zero-order valence-electron chi connectivity index (χ0n) is 16.2. The van der Waals surface area contributed by atoms with Crippen LogP contribution in [0.15, 0.2) is 65.3 Å². The average Bonchev–Trinajstić information content (AvgIpc) is 2.98. The Labute approximate surface area is 174 Å². The first-order valence-electron chi connectivity index (χ1n) is 9.78. The van der Waals surface area contributed by atoms with Crippen LogP contribution in [0, 0.1) is 0 Å². The molecule has 2 aliphatic rings. The van der Waals surface area contributed by atoms with Crippen molar-refractivity contribution in [2.75, 3.05) is 37.6 Å². The minimum absolute atomic E-state index is 0.000407. The number of amides is 2. The Bertz CT molecular complexity index is 936. The standard InChI is InChI=1S/C22H22ClN3O3/c1-2-24-12-14-25(15-13-24)20-19(23)21(27)26(22(20)28)16-8-10-18(11-9-16)29-17-6-4-3-5-7-17/h3-11H,2,12-15H2,1H3/p+1. The van der Waals surface area contributed by atoms with E-state index in [4.69, 9.17) is 16.3 Å². The lowest BCUT2D eigenvalue weighted by atomic mass is 10.2. The molecule has 1 saturated heterocycles. The minimum Gasteiger partial charge on any atom is -0.457 e. The van der Waals surface area contributed by atoms with Crippen molar-refractivity contribution in [3.05, 3.63) is 65.3 Å². The molecule has 1 fully saturated rings. The van der Waals surface area contributed by atoms with E-state index in [1.54, 1.807) is 24.3 Å². The molecule has 6 nitrogen and oxygen atoms in total. The molecule has 0 aromatic heterocycles. The number of rotatable bonds is 5. The summed E-state index contributed by atoms with van der Waals surface area (Å²) >= 11 is 6.30. The van der Waals surface area contributed by atoms with Crippen LogP contribution in [-0.4, -0.2) is 49.4 Å². The van der Waals surface area contributed by atoms with Gasteiger partial charge in [0.1, 0.15) is 22.2 Å². The molecule has 29 heavy (non-hydrogen) atoms. The number of carbonyl (C=O) groups excluding carboxylic acids is 2. The van der Waals surface area contributed by atoms with Crippen LogP contribution in [0.2, 0.25) is 0 Å². The van der Waals surface area contributed by atoms with E-state index >= 15 is 0 Å². The highest BCUT2D eigenvalue weighted by atomic mass is 35.5. The number of imide groups is 1. The lowest BCUT2D eigenvalue weighted by molar-refractivity contribution is -0.902. The van der Waals surface area contributed by atoms with Crippen molar-refractivity contribution in [3.63, 3.8) is 0 Å². The normalized spacial score (nSPS) is 18.0. The maximum atomic E-state index is 13.0. The Kier molecular flexibility index (Phi) is 5.56. The Morgan fingerprint density at radius 3 is 2.17 bits per heavy atom. The van der Waals surface area contributed by atoms with E-state index in [0.29, 0.717) is 36.0 Å². The number of hydrogen-bond acceptors (Lipinski definition) is 4. The molecule has 1 N–H and O–H groups in total. The van der Waals surface area contributed by atoms with E-state index in [-0.39, 0.29) is 10.9 Å². The first-order chi connectivity index (χ1) is 14.1. The Morgan fingerprint density at radius 2 is 1.55 bits per heavy atom. The van der Waals surface area contributed by atoms with Crippen molar-refractivity contribution in [3.8, 4) is 11.5 Å². The Balaban J connectivity index is 1.50. The zero-order valence-corrected chi connectivity index (χ0v) is 17.0. The second-order valence-electron chi connectivity index (χ2n) is 7.11. The van der Waals surface area contributed by atoms with E-state index in [9.17, 15) is 9.59 Å². The summed E-state index contributed by atoms with van der Waals surface area (Å²) in [5.74, 6) is 0.497. The fourth-order valence-electron chi connectivity index (χ4n) is 3.69. The smallest absolute Gasteiger partial charge is 0.283 e. The van der Waals surface area contributed by atoms with Gasteiger partial charge in [0.25, 0.3) is 11.8 Å². The lowest BCUT2D eigenvalue weighted by Gasteiger charge is -2.33. The number of ether oxygens (including phenoxy) is 1. The van der Waals surface area contributed by atoms with E-state index in [0.717, 1.165) is 24.5 Å².